The smallest absolute Gasteiger partial charge is 0.163 e. The first-order valence-corrected chi connectivity index (χ1v) is 8.85. The van der Waals surface area contributed by atoms with Crippen LogP contribution < -0.4 is 4.90 Å². The molecule has 0 saturated heterocycles. The number of nitrogens with zero attached hydrogens (tertiary/aromatic N) is 5. The summed E-state index contributed by atoms with van der Waals surface area (Å²) in [7, 11) is 1.91. The molecule has 0 aliphatic carbocycles. The van der Waals surface area contributed by atoms with Gasteiger partial charge in [-0.05, 0) is 30.5 Å². The number of hydrogen-bond acceptors (Lipinski definition) is 4. The predicted octanol–water partition coefficient (Wildman–Crippen LogP) is 3.45. The Morgan fingerprint density at radius 2 is 2.08 bits per heavy atom. The van der Waals surface area contributed by atoms with E-state index in [-0.39, 0.29) is 0 Å². The Morgan fingerprint density at radius 1 is 1.15 bits per heavy atom. The molecule has 26 heavy (non-hydrogen) atoms. The van der Waals surface area contributed by atoms with Crippen LogP contribution in [-0.2, 0) is 7.05 Å². The molecule has 1 aliphatic heterocycles. The summed E-state index contributed by atoms with van der Waals surface area (Å²) < 4.78 is 1.79. The van der Waals surface area contributed by atoms with Gasteiger partial charge in [-0.3, -0.25) is 4.68 Å². The molecule has 0 spiro atoms. The van der Waals surface area contributed by atoms with Crippen molar-refractivity contribution >= 4 is 33.3 Å². The van der Waals surface area contributed by atoms with E-state index < -0.39 is 0 Å². The van der Waals surface area contributed by atoms with Crippen molar-refractivity contribution in [2.75, 3.05) is 18.0 Å². The molecule has 1 aromatic carbocycles. The highest BCUT2D eigenvalue weighted by Crippen LogP contribution is 2.32. The first kappa shape index (κ1) is 15.1. The molecular weight excluding hydrogens is 324 g/mol. The van der Waals surface area contributed by atoms with Crippen LogP contribution in [0.25, 0.3) is 27.5 Å². The number of H-pyrrole nitrogens is 1. The second-order valence-electron chi connectivity index (χ2n) is 6.88. The third kappa shape index (κ3) is 2.29. The number of aryl methyl sites for hydroxylation is 2. The van der Waals surface area contributed by atoms with Crippen LogP contribution in [0.1, 0.15) is 17.5 Å². The topological polar surface area (TPSA) is 62.6 Å². The van der Waals surface area contributed by atoms with Crippen LogP contribution in [0.5, 0.6) is 0 Å². The van der Waals surface area contributed by atoms with Gasteiger partial charge in [0, 0.05) is 42.8 Å². The van der Waals surface area contributed by atoms with Crippen molar-refractivity contribution in [3.63, 3.8) is 0 Å². The zero-order valence-corrected chi connectivity index (χ0v) is 14.9. The van der Waals surface area contributed by atoms with E-state index in [1.54, 1.807) is 11.0 Å². The van der Waals surface area contributed by atoms with Crippen molar-refractivity contribution in [2.24, 2.45) is 7.05 Å². The average Bonchev–Trinajstić information content (AvgIpc) is 3.25. The maximum Gasteiger partial charge on any atom is 0.163 e. The molecule has 6 heteroatoms. The van der Waals surface area contributed by atoms with E-state index in [2.05, 4.69) is 62.3 Å². The number of rotatable bonds is 2. The van der Waals surface area contributed by atoms with Crippen LogP contribution in [-0.4, -0.2) is 37.8 Å². The number of fused-ring (bicyclic) bond motifs is 2. The lowest BCUT2D eigenvalue weighted by atomic mass is 9.98. The van der Waals surface area contributed by atoms with Gasteiger partial charge in [0.2, 0.25) is 0 Å². The second kappa shape index (κ2) is 5.69. The molecule has 0 saturated carbocycles. The van der Waals surface area contributed by atoms with Gasteiger partial charge in [0.1, 0.15) is 12.1 Å². The summed E-state index contributed by atoms with van der Waals surface area (Å²) in [6, 6.07) is 6.59. The third-order valence-electron chi connectivity index (χ3n) is 5.20. The van der Waals surface area contributed by atoms with E-state index in [0.29, 0.717) is 0 Å². The molecule has 4 aromatic rings. The van der Waals surface area contributed by atoms with Crippen LogP contribution in [0.4, 0.5) is 5.82 Å². The van der Waals surface area contributed by atoms with E-state index in [4.69, 9.17) is 0 Å². The van der Waals surface area contributed by atoms with E-state index in [0.717, 1.165) is 36.4 Å². The minimum absolute atomic E-state index is 0.842. The summed E-state index contributed by atoms with van der Waals surface area (Å²) in [6.45, 7) is 3.90. The van der Waals surface area contributed by atoms with E-state index in [1.165, 1.54) is 27.6 Å². The van der Waals surface area contributed by atoms with Crippen LogP contribution in [0.3, 0.4) is 0 Å². The Hall–Kier alpha value is -3.15. The van der Waals surface area contributed by atoms with Crippen LogP contribution in [0.2, 0.25) is 0 Å². The van der Waals surface area contributed by atoms with Crippen LogP contribution in [0.15, 0.2) is 43.0 Å². The molecule has 5 rings (SSSR count). The van der Waals surface area contributed by atoms with Crippen molar-refractivity contribution in [3.8, 4) is 0 Å². The van der Waals surface area contributed by atoms with Crippen molar-refractivity contribution in [1.29, 1.82) is 0 Å². The molecule has 4 heterocycles. The van der Waals surface area contributed by atoms with Crippen LogP contribution >= 0.6 is 0 Å². The molecule has 1 N–H and O–H groups in total. The Bertz CT molecular complexity index is 1150. The van der Waals surface area contributed by atoms with Gasteiger partial charge in [-0.1, -0.05) is 18.2 Å². The van der Waals surface area contributed by atoms with Crippen molar-refractivity contribution < 1.29 is 0 Å². The van der Waals surface area contributed by atoms with E-state index in [9.17, 15) is 0 Å². The Morgan fingerprint density at radius 3 is 2.92 bits per heavy atom. The highest BCUT2D eigenvalue weighted by Gasteiger charge is 2.19. The lowest BCUT2D eigenvalue weighted by Crippen LogP contribution is -2.29. The number of aromatic amines is 1. The van der Waals surface area contributed by atoms with Gasteiger partial charge in [-0.2, -0.15) is 5.10 Å². The summed E-state index contributed by atoms with van der Waals surface area (Å²) >= 11 is 0. The maximum absolute atomic E-state index is 4.52. The fourth-order valence-corrected chi connectivity index (χ4v) is 3.81. The normalized spacial score (nSPS) is 15.0. The lowest BCUT2D eigenvalue weighted by molar-refractivity contribution is 0.784. The standard InChI is InChI=1S/C20H20N6/c1-13-3-4-15-16(10-21-18(15)9-13)14-5-7-26(8-6-14)20-17-11-24-25(2)19(17)22-12-23-20/h3-5,9-12,21H,6-8H2,1-2H3. The summed E-state index contributed by atoms with van der Waals surface area (Å²) in [5.74, 6) is 0.966. The zero-order chi connectivity index (χ0) is 17.7. The highest BCUT2D eigenvalue weighted by molar-refractivity contribution is 5.94. The lowest BCUT2D eigenvalue weighted by Gasteiger charge is -2.27. The zero-order valence-electron chi connectivity index (χ0n) is 14.9. The molecular formula is C20H20N6. The fraction of sp³-hybridized carbons (Fsp3) is 0.250. The Kier molecular flexibility index (Phi) is 3.31. The Labute approximate surface area is 151 Å². The second-order valence-corrected chi connectivity index (χ2v) is 6.88. The third-order valence-corrected chi connectivity index (χ3v) is 5.20. The monoisotopic (exact) mass is 344 g/mol. The van der Waals surface area contributed by atoms with Gasteiger partial charge in [0.15, 0.2) is 5.65 Å². The SMILES string of the molecule is Cc1ccc2c(C3=CCN(c4ncnc5c4cnn5C)CC3)c[nH]c2c1. The largest absolute Gasteiger partial charge is 0.361 e. The van der Waals surface area contributed by atoms with Crippen LogP contribution in [0, 0.1) is 6.92 Å². The molecule has 6 nitrogen and oxygen atoms in total. The number of nitrogens with one attached hydrogen (secondary N) is 1. The molecule has 0 unspecified atom stereocenters. The first-order chi connectivity index (χ1) is 12.7. The quantitative estimate of drug-likeness (QED) is 0.605. The minimum atomic E-state index is 0.842. The number of aromatic nitrogens is 5. The molecule has 0 radical (unpaired) electrons. The number of anilines is 1. The van der Waals surface area contributed by atoms with Gasteiger partial charge in [-0.15, -0.1) is 0 Å². The van der Waals surface area contributed by atoms with Crippen molar-refractivity contribution in [2.45, 2.75) is 13.3 Å². The van der Waals surface area contributed by atoms with Gasteiger partial charge in [0.25, 0.3) is 0 Å². The van der Waals surface area contributed by atoms with Gasteiger partial charge >= 0.3 is 0 Å². The first-order valence-electron chi connectivity index (χ1n) is 8.85. The molecule has 130 valence electrons. The van der Waals surface area contributed by atoms with Crippen molar-refractivity contribution in [1.82, 2.24) is 24.7 Å². The van der Waals surface area contributed by atoms with Gasteiger partial charge in [-0.25, -0.2) is 9.97 Å². The predicted molar refractivity (Wildman–Crippen MR) is 104 cm³/mol. The van der Waals surface area contributed by atoms with E-state index >= 15 is 0 Å². The van der Waals surface area contributed by atoms with Gasteiger partial charge < -0.3 is 9.88 Å². The summed E-state index contributed by atoms with van der Waals surface area (Å²) in [5, 5.41) is 6.62. The number of benzene rings is 1. The molecule has 0 atom stereocenters. The maximum atomic E-state index is 4.52. The minimum Gasteiger partial charge on any atom is -0.361 e. The molecule has 1 aliphatic rings. The summed E-state index contributed by atoms with van der Waals surface area (Å²) in [6.07, 6.45) is 8.92. The van der Waals surface area contributed by atoms with E-state index in [1.807, 2.05) is 13.2 Å². The molecule has 0 bridgehead atoms. The van der Waals surface area contributed by atoms with Crippen molar-refractivity contribution in [3.05, 3.63) is 54.1 Å². The Balaban J connectivity index is 1.48. The van der Waals surface area contributed by atoms with Gasteiger partial charge in [0.05, 0.1) is 11.6 Å². The summed E-state index contributed by atoms with van der Waals surface area (Å²) in [5.41, 5.74) is 6.06. The molecule has 0 amide bonds. The highest BCUT2D eigenvalue weighted by atomic mass is 15.3. The number of hydrogen-bond donors (Lipinski definition) is 1. The summed E-state index contributed by atoms with van der Waals surface area (Å²) in [4.78, 5) is 14.6. The molecule has 3 aromatic heterocycles. The fourth-order valence-electron chi connectivity index (χ4n) is 3.81. The average molecular weight is 344 g/mol. The molecule has 0 fully saturated rings.